The van der Waals surface area contributed by atoms with Gasteiger partial charge in [0.1, 0.15) is 24.6 Å². The maximum Gasteiger partial charge on any atom is 0.248 e. The molecule has 0 unspecified atom stereocenters. The normalized spacial score (nSPS) is 15.9. The van der Waals surface area contributed by atoms with Crippen molar-refractivity contribution in [2.75, 3.05) is 40.4 Å². The number of nitrogens with zero attached hydrogens (tertiary/aromatic N) is 4. The number of allylic oxidation sites excluding steroid dienone is 2. The fourth-order valence-electron chi connectivity index (χ4n) is 7.59. The largest absolute Gasteiger partial charge is 0.497 e. The highest BCUT2D eigenvalue weighted by atomic mass is 127. The van der Waals surface area contributed by atoms with E-state index in [0.29, 0.717) is 13.1 Å². The lowest BCUT2D eigenvalue weighted by atomic mass is 9.88. The summed E-state index contributed by atoms with van der Waals surface area (Å²) in [6, 6.07) is 38.7. The number of hydrogen-bond donors (Lipinski definition) is 0. The van der Waals surface area contributed by atoms with Crippen LogP contribution >= 0.6 is 22.6 Å². The summed E-state index contributed by atoms with van der Waals surface area (Å²) in [7, 11) is 3.30. The van der Waals surface area contributed by atoms with Gasteiger partial charge in [0.05, 0.1) is 37.0 Å². The molecular weight excluding hydrogens is 799 g/mol. The van der Waals surface area contributed by atoms with Crippen LogP contribution in [-0.2, 0) is 22.4 Å². The molecule has 0 bridgehead atoms. The number of methoxy groups -OCH3 is 2. The molecule has 0 aliphatic carbocycles. The van der Waals surface area contributed by atoms with E-state index in [0.717, 1.165) is 69.4 Å². The maximum atomic E-state index is 12.9. The number of carbonyl (C=O) groups is 2. The van der Waals surface area contributed by atoms with Gasteiger partial charge >= 0.3 is 0 Å². The van der Waals surface area contributed by atoms with Crippen LogP contribution in [0.4, 0.5) is 0 Å². The van der Waals surface area contributed by atoms with Crippen molar-refractivity contribution >= 4 is 57.2 Å². The van der Waals surface area contributed by atoms with Gasteiger partial charge in [-0.05, 0) is 100 Å². The lowest BCUT2D eigenvalue weighted by Crippen LogP contribution is -2.36. The minimum absolute atomic E-state index is 0.0370. The van der Waals surface area contributed by atoms with Crippen LogP contribution in [-0.4, -0.2) is 73.4 Å². The van der Waals surface area contributed by atoms with Crippen molar-refractivity contribution < 1.29 is 19.1 Å². The molecule has 4 aliphatic heterocycles. The van der Waals surface area contributed by atoms with Crippen LogP contribution in [0.2, 0.25) is 0 Å². The quantitative estimate of drug-likeness (QED) is 0.168. The molecular formula is C46H39IN4O4. The second-order valence-electron chi connectivity index (χ2n) is 13.5. The third kappa shape index (κ3) is 7.36. The molecule has 274 valence electrons. The van der Waals surface area contributed by atoms with Crippen molar-refractivity contribution in [3.63, 3.8) is 0 Å². The van der Waals surface area contributed by atoms with Crippen molar-refractivity contribution in [1.29, 1.82) is 0 Å². The highest BCUT2D eigenvalue weighted by molar-refractivity contribution is 14.1. The molecule has 5 aromatic rings. The van der Waals surface area contributed by atoms with Crippen LogP contribution in [0, 0.1) is 3.57 Å². The van der Waals surface area contributed by atoms with Gasteiger partial charge in [-0.3, -0.25) is 19.6 Å². The molecule has 5 aromatic carbocycles. The minimum atomic E-state index is 0.0370. The first-order valence-electron chi connectivity index (χ1n) is 18.3. The third-order valence-electron chi connectivity index (χ3n) is 10.3. The zero-order valence-electron chi connectivity index (χ0n) is 30.7. The molecule has 4 aliphatic rings. The first-order chi connectivity index (χ1) is 26.9. The molecule has 0 aromatic heterocycles. The summed E-state index contributed by atoms with van der Waals surface area (Å²) in [5, 5.41) is 0. The molecule has 0 N–H and O–H groups in total. The van der Waals surface area contributed by atoms with E-state index in [2.05, 4.69) is 87.2 Å². The zero-order chi connectivity index (χ0) is 37.9. The van der Waals surface area contributed by atoms with Crippen LogP contribution in [0.5, 0.6) is 11.5 Å². The van der Waals surface area contributed by atoms with Crippen LogP contribution in [0.1, 0.15) is 33.4 Å². The fraction of sp³-hybridized carbons (Fsp3) is 0.174. The van der Waals surface area contributed by atoms with E-state index in [-0.39, 0.29) is 24.9 Å². The van der Waals surface area contributed by atoms with E-state index in [1.165, 1.54) is 25.8 Å². The highest BCUT2D eigenvalue weighted by Gasteiger charge is 2.31. The molecule has 55 heavy (non-hydrogen) atoms. The summed E-state index contributed by atoms with van der Waals surface area (Å²) < 4.78 is 11.9. The van der Waals surface area contributed by atoms with Crippen LogP contribution in [0.3, 0.4) is 0 Å². The van der Waals surface area contributed by atoms with E-state index < -0.39 is 0 Å². The third-order valence-corrected chi connectivity index (χ3v) is 11.3. The summed E-state index contributed by atoms with van der Waals surface area (Å²) >= 11 is 2.37. The molecule has 0 saturated heterocycles. The van der Waals surface area contributed by atoms with Gasteiger partial charge in [-0.1, -0.05) is 84.9 Å². The number of hydrogen-bond acceptors (Lipinski definition) is 6. The number of rotatable bonds is 5. The van der Waals surface area contributed by atoms with E-state index in [4.69, 9.17) is 9.47 Å². The second kappa shape index (κ2) is 15.9. The molecule has 0 spiro atoms. The van der Waals surface area contributed by atoms with Crippen LogP contribution in [0.15, 0.2) is 137 Å². The van der Waals surface area contributed by atoms with Crippen molar-refractivity contribution in [2.45, 2.75) is 12.8 Å². The predicted molar refractivity (Wildman–Crippen MR) is 227 cm³/mol. The van der Waals surface area contributed by atoms with E-state index in [9.17, 15) is 9.59 Å². The van der Waals surface area contributed by atoms with Gasteiger partial charge in [0.25, 0.3) is 0 Å². The van der Waals surface area contributed by atoms with E-state index >= 15 is 0 Å². The van der Waals surface area contributed by atoms with Crippen molar-refractivity contribution in [3.8, 4) is 22.6 Å². The second-order valence-corrected chi connectivity index (χ2v) is 14.6. The topological polar surface area (TPSA) is 83.8 Å². The summed E-state index contributed by atoms with van der Waals surface area (Å²) in [5.74, 6) is 1.64. The Morgan fingerprint density at radius 2 is 1.02 bits per heavy atom. The molecule has 0 fully saturated rings. The molecule has 9 heteroatoms. The van der Waals surface area contributed by atoms with Crippen molar-refractivity contribution in [2.24, 2.45) is 9.98 Å². The summed E-state index contributed by atoms with van der Waals surface area (Å²) in [4.78, 5) is 38.4. The molecule has 0 saturated carbocycles. The molecule has 9 rings (SSSR count). The number of halogens is 1. The summed E-state index contributed by atoms with van der Waals surface area (Å²) in [5.41, 5.74) is 12.7. The predicted octanol–water partition coefficient (Wildman–Crippen LogP) is 8.12. The molecule has 8 nitrogen and oxygen atoms in total. The van der Waals surface area contributed by atoms with Crippen LogP contribution < -0.4 is 9.47 Å². The Labute approximate surface area is 334 Å². The smallest absolute Gasteiger partial charge is 0.248 e. The van der Waals surface area contributed by atoms with Crippen molar-refractivity contribution in [3.05, 3.63) is 164 Å². The number of benzene rings is 5. The van der Waals surface area contributed by atoms with Gasteiger partial charge in [-0.15, -0.1) is 0 Å². The number of fused-ring (bicyclic) bond motifs is 6. The SMILES string of the molecule is COc1cccc(C2=NCC(=O)N3CCc4c(I)cccc4C3=C2)c1.COc1cccc(C2=NCC(=O)N3CCc4c(cccc4-c4ccccc4)C3=C2)c1. The van der Waals surface area contributed by atoms with Gasteiger partial charge in [-0.2, -0.15) is 0 Å². The Bertz CT molecular complexity index is 2430. The first-order valence-corrected chi connectivity index (χ1v) is 19.4. The minimum Gasteiger partial charge on any atom is -0.497 e. The molecule has 4 heterocycles. The summed E-state index contributed by atoms with van der Waals surface area (Å²) in [6.07, 6.45) is 5.80. The van der Waals surface area contributed by atoms with E-state index in [1.54, 1.807) is 14.2 Å². The van der Waals surface area contributed by atoms with Gasteiger partial charge < -0.3 is 19.3 Å². The lowest BCUT2D eigenvalue weighted by Gasteiger charge is -2.32. The van der Waals surface area contributed by atoms with Crippen LogP contribution in [0.25, 0.3) is 22.5 Å². The zero-order valence-corrected chi connectivity index (χ0v) is 32.8. The Kier molecular flexibility index (Phi) is 10.5. The Morgan fingerprint density at radius 3 is 1.58 bits per heavy atom. The number of ether oxygens (including phenoxy) is 2. The Morgan fingerprint density at radius 1 is 0.545 bits per heavy atom. The molecule has 0 radical (unpaired) electrons. The molecule has 2 amide bonds. The van der Waals surface area contributed by atoms with Gasteiger partial charge in [0.2, 0.25) is 11.8 Å². The standard InChI is InChI=1S/C26H22N2O2.C20H17IN2O2/c1-30-20-10-5-9-19(15-20)24-16-25-23-12-6-11-21(18-7-3-2-4-8-18)22(23)13-14-28(25)26(29)17-27-24;1-25-14-5-2-4-13(10-14)18-11-19-16-6-3-7-17(21)15(16)8-9-23(19)20(24)12-22-18/h2-12,15-16H,13-14,17H2,1H3;2-7,10-11H,8-9,12H2,1H3. The average molecular weight is 839 g/mol. The van der Waals surface area contributed by atoms with Gasteiger partial charge in [0, 0.05) is 38.9 Å². The van der Waals surface area contributed by atoms with E-state index in [1.807, 2.05) is 82.6 Å². The Balaban J connectivity index is 0.000000158. The maximum absolute atomic E-state index is 12.9. The summed E-state index contributed by atoms with van der Waals surface area (Å²) in [6.45, 7) is 1.70. The number of aliphatic imine (C=N–C) groups is 2. The van der Waals surface area contributed by atoms with Gasteiger partial charge in [-0.25, -0.2) is 0 Å². The van der Waals surface area contributed by atoms with Gasteiger partial charge in [0.15, 0.2) is 0 Å². The lowest BCUT2D eigenvalue weighted by molar-refractivity contribution is -0.127. The monoisotopic (exact) mass is 838 g/mol. The highest BCUT2D eigenvalue weighted by Crippen LogP contribution is 2.37. The molecule has 0 atom stereocenters. The number of carbonyl (C=O) groups excluding carboxylic acids is 2. The fourth-order valence-corrected chi connectivity index (χ4v) is 8.35. The number of amides is 2. The van der Waals surface area contributed by atoms with Crippen molar-refractivity contribution in [1.82, 2.24) is 9.80 Å². The average Bonchev–Trinajstić information content (AvgIpc) is 3.52. The first kappa shape index (κ1) is 36.2. The Hall–Kier alpha value is -5.81.